The van der Waals surface area contributed by atoms with Gasteiger partial charge in [-0.3, -0.25) is 10.1 Å². The first-order chi connectivity index (χ1) is 14.8. The third kappa shape index (κ3) is 2.60. The van der Waals surface area contributed by atoms with E-state index in [-0.39, 0.29) is 0 Å². The van der Waals surface area contributed by atoms with Gasteiger partial charge < -0.3 is 9.55 Å². The molecule has 0 unspecified atom stereocenters. The van der Waals surface area contributed by atoms with Crippen molar-refractivity contribution in [2.45, 2.75) is 6.92 Å². The summed E-state index contributed by atoms with van der Waals surface area (Å²) in [6.45, 7) is 1.98. The summed E-state index contributed by atoms with van der Waals surface area (Å²) in [7, 11) is 0. The zero-order valence-electron chi connectivity index (χ0n) is 16.2. The number of fused-ring (bicyclic) bond motifs is 2. The van der Waals surface area contributed by atoms with E-state index in [0.29, 0.717) is 0 Å². The second kappa shape index (κ2) is 6.38. The number of aryl methyl sites for hydroxylation is 1. The van der Waals surface area contributed by atoms with Gasteiger partial charge in [-0.05, 0) is 54.4 Å². The minimum Gasteiger partial charge on any atom is -0.338 e. The molecule has 0 saturated heterocycles. The first-order valence-corrected chi connectivity index (χ1v) is 9.64. The summed E-state index contributed by atoms with van der Waals surface area (Å²) in [4.78, 5) is 16.4. The maximum absolute atomic E-state index is 4.59. The van der Waals surface area contributed by atoms with Crippen LogP contribution in [-0.2, 0) is 0 Å². The van der Waals surface area contributed by atoms with Gasteiger partial charge >= 0.3 is 0 Å². The molecular formula is C23H17N7. The normalized spacial score (nSPS) is 11.5. The van der Waals surface area contributed by atoms with Crippen molar-refractivity contribution in [1.82, 2.24) is 34.7 Å². The molecule has 5 heterocycles. The molecule has 6 rings (SSSR count). The van der Waals surface area contributed by atoms with E-state index in [1.54, 1.807) is 18.6 Å². The minimum atomic E-state index is 0.815. The highest BCUT2D eigenvalue weighted by Gasteiger charge is 2.15. The van der Waals surface area contributed by atoms with Gasteiger partial charge in [-0.15, -0.1) is 0 Å². The van der Waals surface area contributed by atoms with Crippen molar-refractivity contribution in [3.05, 3.63) is 79.3 Å². The lowest BCUT2D eigenvalue weighted by molar-refractivity contribution is 1.06. The van der Waals surface area contributed by atoms with Gasteiger partial charge in [-0.25, -0.2) is 9.97 Å². The Bertz CT molecular complexity index is 1510. The number of benzene rings is 1. The molecule has 7 heteroatoms. The monoisotopic (exact) mass is 391 g/mol. The molecule has 2 N–H and O–H groups in total. The van der Waals surface area contributed by atoms with Crippen LogP contribution in [0.3, 0.4) is 0 Å². The molecule has 0 fully saturated rings. The van der Waals surface area contributed by atoms with Crippen molar-refractivity contribution in [3.8, 4) is 28.2 Å². The zero-order valence-corrected chi connectivity index (χ0v) is 16.2. The van der Waals surface area contributed by atoms with Crippen LogP contribution in [0.2, 0.25) is 0 Å². The van der Waals surface area contributed by atoms with Crippen molar-refractivity contribution < 1.29 is 0 Å². The molecule has 0 amide bonds. The van der Waals surface area contributed by atoms with Crippen molar-refractivity contribution >= 4 is 21.9 Å². The number of hydrogen-bond acceptors (Lipinski definition) is 4. The van der Waals surface area contributed by atoms with Gasteiger partial charge in [0.15, 0.2) is 0 Å². The van der Waals surface area contributed by atoms with Crippen molar-refractivity contribution in [1.29, 1.82) is 0 Å². The average molecular weight is 391 g/mol. The molecule has 30 heavy (non-hydrogen) atoms. The molecule has 7 nitrogen and oxygen atoms in total. The molecule has 144 valence electrons. The lowest BCUT2D eigenvalue weighted by Gasteiger charge is -2.02. The fraction of sp³-hybridized carbons (Fsp3) is 0.0435. The third-order valence-electron chi connectivity index (χ3n) is 5.33. The molecule has 0 spiro atoms. The average Bonchev–Trinajstić information content (AvgIpc) is 3.51. The van der Waals surface area contributed by atoms with Gasteiger partial charge in [-0.2, -0.15) is 5.10 Å². The predicted molar refractivity (Wildman–Crippen MR) is 116 cm³/mol. The Morgan fingerprint density at radius 2 is 1.77 bits per heavy atom. The molecule has 0 radical (unpaired) electrons. The van der Waals surface area contributed by atoms with Crippen LogP contribution in [0, 0.1) is 6.92 Å². The SMILES string of the molecule is Cc1cn(-c2ccnc3[nH]c(-c4n[nH]c5ccc(-c6ccncc6)cc45)cc23)cn1. The topological polar surface area (TPSA) is 88.1 Å². The molecule has 0 bridgehead atoms. The number of hydrogen-bond donors (Lipinski definition) is 2. The molecule has 0 saturated carbocycles. The van der Waals surface area contributed by atoms with Gasteiger partial charge in [0.2, 0.25) is 0 Å². The zero-order chi connectivity index (χ0) is 20.1. The Morgan fingerprint density at radius 3 is 2.60 bits per heavy atom. The van der Waals surface area contributed by atoms with Crippen LogP contribution in [-0.4, -0.2) is 34.7 Å². The Labute approximate surface area is 171 Å². The number of rotatable bonds is 3. The maximum atomic E-state index is 4.59. The van der Waals surface area contributed by atoms with Crippen LogP contribution in [0.15, 0.2) is 73.6 Å². The lowest BCUT2D eigenvalue weighted by Crippen LogP contribution is -1.91. The predicted octanol–water partition coefficient (Wildman–Crippen LogP) is 4.66. The van der Waals surface area contributed by atoms with E-state index in [2.05, 4.69) is 54.4 Å². The first-order valence-electron chi connectivity index (χ1n) is 9.64. The summed E-state index contributed by atoms with van der Waals surface area (Å²) in [5.41, 5.74) is 7.83. The highest BCUT2D eigenvalue weighted by atomic mass is 15.1. The molecule has 5 aromatic heterocycles. The number of aromatic nitrogens is 7. The number of H-pyrrole nitrogens is 2. The van der Waals surface area contributed by atoms with E-state index in [0.717, 1.165) is 55.8 Å². The Morgan fingerprint density at radius 1 is 0.867 bits per heavy atom. The molecule has 6 aromatic rings. The van der Waals surface area contributed by atoms with E-state index in [9.17, 15) is 0 Å². The largest absolute Gasteiger partial charge is 0.338 e. The highest BCUT2D eigenvalue weighted by Crippen LogP contribution is 2.32. The second-order valence-electron chi connectivity index (χ2n) is 7.27. The Balaban J connectivity index is 1.52. The van der Waals surface area contributed by atoms with Gasteiger partial charge in [0.25, 0.3) is 0 Å². The molecule has 0 aliphatic carbocycles. The number of aromatic amines is 2. The number of nitrogens with zero attached hydrogens (tertiary/aromatic N) is 5. The van der Waals surface area contributed by atoms with E-state index in [1.807, 2.05) is 42.2 Å². The summed E-state index contributed by atoms with van der Waals surface area (Å²) in [6, 6.07) is 14.4. The molecular weight excluding hydrogens is 374 g/mol. The first kappa shape index (κ1) is 16.7. The fourth-order valence-corrected chi connectivity index (χ4v) is 3.86. The summed E-state index contributed by atoms with van der Waals surface area (Å²) >= 11 is 0. The van der Waals surface area contributed by atoms with E-state index in [4.69, 9.17) is 0 Å². The number of nitrogens with one attached hydrogen (secondary N) is 2. The minimum absolute atomic E-state index is 0.815. The van der Waals surface area contributed by atoms with E-state index < -0.39 is 0 Å². The van der Waals surface area contributed by atoms with Crippen molar-refractivity contribution in [2.75, 3.05) is 0 Å². The van der Waals surface area contributed by atoms with Crippen LogP contribution in [0.5, 0.6) is 0 Å². The van der Waals surface area contributed by atoms with Crippen LogP contribution < -0.4 is 0 Å². The highest BCUT2D eigenvalue weighted by molar-refractivity contribution is 5.98. The van der Waals surface area contributed by atoms with Crippen LogP contribution >= 0.6 is 0 Å². The van der Waals surface area contributed by atoms with Crippen LogP contribution in [0.4, 0.5) is 0 Å². The Kier molecular flexibility index (Phi) is 3.55. The van der Waals surface area contributed by atoms with Crippen molar-refractivity contribution in [2.24, 2.45) is 0 Å². The molecule has 0 atom stereocenters. The standard InChI is InChI=1S/C23H17N7/c1-14-12-30(13-26-14)21-6-9-25-23-18(21)11-20(27-23)22-17-10-16(2-3-19(17)28-29-22)15-4-7-24-8-5-15/h2-13H,1H3,(H,25,27)(H,28,29). The van der Waals surface area contributed by atoms with E-state index in [1.165, 1.54) is 0 Å². The molecule has 1 aromatic carbocycles. The van der Waals surface area contributed by atoms with Crippen LogP contribution in [0.25, 0.3) is 50.1 Å². The van der Waals surface area contributed by atoms with Crippen LogP contribution in [0.1, 0.15) is 5.69 Å². The summed E-state index contributed by atoms with van der Waals surface area (Å²) in [5.74, 6) is 0. The lowest BCUT2D eigenvalue weighted by atomic mass is 10.0. The smallest absolute Gasteiger partial charge is 0.139 e. The van der Waals surface area contributed by atoms with Gasteiger partial charge in [0.1, 0.15) is 11.3 Å². The summed E-state index contributed by atoms with van der Waals surface area (Å²) in [5, 5.41) is 9.80. The van der Waals surface area contributed by atoms with Gasteiger partial charge in [0.05, 0.1) is 28.9 Å². The van der Waals surface area contributed by atoms with Gasteiger partial charge in [-0.1, -0.05) is 6.07 Å². The van der Waals surface area contributed by atoms with E-state index >= 15 is 0 Å². The quantitative estimate of drug-likeness (QED) is 0.459. The third-order valence-corrected chi connectivity index (χ3v) is 5.33. The fourth-order valence-electron chi connectivity index (χ4n) is 3.86. The molecule has 0 aliphatic rings. The van der Waals surface area contributed by atoms with Crippen molar-refractivity contribution in [3.63, 3.8) is 0 Å². The number of pyridine rings is 2. The molecule has 0 aliphatic heterocycles. The summed E-state index contributed by atoms with van der Waals surface area (Å²) in [6.07, 6.45) is 9.24. The van der Waals surface area contributed by atoms with Gasteiger partial charge in [0, 0.05) is 35.6 Å². The number of imidazole rings is 1. The summed E-state index contributed by atoms with van der Waals surface area (Å²) < 4.78 is 2.02. The maximum Gasteiger partial charge on any atom is 0.139 e. The Hall–Kier alpha value is -4.26. The second-order valence-corrected chi connectivity index (χ2v) is 7.27.